The van der Waals surface area contributed by atoms with Crippen LogP contribution < -0.4 is 5.32 Å². The van der Waals surface area contributed by atoms with Gasteiger partial charge in [-0.2, -0.15) is 5.10 Å². The van der Waals surface area contributed by atoms with E-state index in [2.05, 4.69) is 41.3 Å². The second kappa shape index (κ2) is 4.29. The summed E-state index contributed by atoms with van der Waals surface area (Å²) in [6, 6.07) is 1.62. The summed E-state index contributed by atoms with van der Waals surface area (Å²) in [4.78, 5) is 16.1. The lowest BCUT2D eigenvalue weighted by Gasteiger charge is -2.14. The Bertz CT molecular complexity index is 510. The Labute approximate surface area is 103 Å². The van der Waals surface area contributed by atoms with Crippen LogP contribution in [-0.4, -0.2) is 21.1 Å². The number of aromatic amines is 1. The molecule has 2 heterocycles. The van der Waals surface area contributed by atoms with Gasteiger partial charge in [-0.1, -0.05) is 20.8 Å². The van der Waals surface area contributed by atoms with Crippen molar-refractivity contribution >= 4 is 22.4 Å². The molecule has 90 valence electrons. The van der Waals surface area contributed by atoms with Crippen LogP contribution >= 0.6 is 11.3 Å². The standard InChI is InChI=1S/C11H14N4OS/c1-11(2,3)8-6-17-10(13-8)14-9(16)7-4-5-12-15-7/h4-6H,1-3H3,(H,12,15)(H,13,14,16). The molecule has 2 N–H and O–H groups in total. The minimum Gasteiger partial charge on any atom is -0.297 e. The van der Waals surface area contributed by atoms with Gasteiger partial charge in [-0.3, -0.25) is 15.2 Å². The van der Waals surface area contributed by atoms with Gasteiger partial charge in [-0.15, -0.1) is 11.3 Å². The van der Waals surface area contributed by atoms with Gasteiger partial charge in [0.2, 0.25) is 0 Å². The summed E-state index contributed by atoms with van der Waals surface area (Å²) in [5.41, 5.74) is 1.40. The van der Waals surface area contributed by atoms with Crippen molar-refractivity contribution in [1.29, 1.82) is 0 Å². The Kier molecular flexibility index (Phi) is 2.97. The zero-order valence-corrected chi connectivity index (χ0v) is 10.8. The predicted octanol–water partition coefficient (Wildman–Crippen LogP) is 2.42. The highest BCUT2D eigenvalue weighted by atomic mass is 32.1. The predicted molar refractivity (Wildman–Crippen MR) is 67.4 cm³/mol. The summed E-state index contributed by atoms with van der Waals surface area (Å²) < 4.78 is 0. The maximum atomic E-state index is 11.7. The number of thiazole rings is 1. The molecule has 0 atom stereocenters. The first-order valence-corrected chi connectivity index (χ1v) is 6.11. The zero-order valence-electron chi connectivity index (χ0n) is 9.94. The summed E-state index contributed by atoms with van der Waals surface area (Å²) in [6.45, 7) is 6.26. The Hall–Kier alpha value is -1.69. The number of carbonyl (C=O) groups excluding carboxylic acids is 1. The second-order valence-corrected chi connectivity index (χ2v) is 5.57. The van der Waals surface area contributed by atoms with E-state index in [9.17, 15) is 4.79 Å². The summed E-state index contributed by atoms with van der Waals surface area (Å²) in [5.74, 6) is -0.225. The van der Waals surface area contributed by atoms with E-state index in [0.717, 1.165) is 5.69 Å². The first-order valence-electron chi connectivity index (χ1n) is 5.23. The maximum absolute atomic E-state index is 11.7. The van der Waals surface area contributed by atoms with Gasteiger partial charge in [-0.05, 0) is 6.07 Å². The number of amides is 1. The average Bonchev–Trinajstić information content (AvgIpc) is 2.85. The number of nitrogens with zero attached hydrogens (tertiary/aromatic N) is 2. The van der Waals surface area contributed by atoms with Crippen molar-refractivity contribution in [3.05, 3.63) is 29.0 Å². The highest BCUT2D eigenvalue weighted by Crippen LogP contribution is 2.26. The van der Waals surface area contributed by atoms with Crippen LogP contribution in [0.5, 0.6) is 0 Å². The van der Waals surface area contributed by atoms with Crippen LogP contribution in [0.3, 0.4) is 0 Å². The molecule has 17 heavy (non-hydrogen) atoms. The van der Waals surface area contributed by atoms with Crippen molar-refractivity contribution < 1.29 is 4.79 Å². The molecule has 0 saturated heterocycles. The molecule has 0 aromatic carbocycles. The number of aromatic nitrogens is 3. The molecular formula is C11H14N4OS. The SMILES string of the molecule is CC(C)(C)c1csc(NC(=O)c2ccn[nH]2)n1. The van der Waals surface area contributed by atoms with Crippen molar-refractivity contribution in [2.24, 2.45) is 0 Å². The largest absolute Gasteiger partial charge is 0.297 e. The van der Waals surface area contributed by atoms with Gasteiger partial charge in [0.25, 0.3) is 5.91 Å². The van der Waals surface area contributed by atoms with E-state index in [-0.39, 0.29) is 11.3 Å². The molecule has 2 aromatic rings. The fourth-order valence-corrected chi connectivity index (χ4v) is 2.15. The van der Waals surface area contributed by atoms with Crippen LogP contribution in [0, 0.1) is 0 Å². The van der Waals surface area contributed by atoms with Gasteiger partial charge in [0.05, 0.1) is 5.69 Å². The molecule has 0 fully saturated rings. The average molecular weight is 250 g/mol. The van der Waals surface area contributed by atoms with E-state index in [4.69, 9.17) is 0 Å². The van der Waals surface area contributed by atoms with Crippen molar-refractivity contribution in [2.45, 2.75) is 26.2 Å². The molecule has 0 spiro atoms. The summed E-state index contributed by atoms with van der Waals surface area (Å²) in [5, 5.41) is 11.6. The van der Waals surface area contributed by atoms with E-state index < -0.39 is 0 Å². The summed E-state index contributed by atoms with van der Waals surface area (Å²) >= 11 is 1.42. The topological polar surface area (TPSA) is 70.7 Å². The number of hydrogen-bond donors (Lipinski definition) is 2. The maximum Gasteiger partial charge on any atom is 0.275 e. The normalized spacial score (nSPS) is 11.5. The third-order valence-corrected chi connectivity index (χ3v) is 3.00. The molecule has 0 saturated carbocycles. The molecule has 0 aliphatic heterocycles. The Morgan fingerprint density at radius 2 is 2.24 bits per heavy atom. The minimum atomic E-state index is -0.225. The fraction of sp³-hybridized carbons (Fsp3) is 0.364. The second-order valence-electron chi connectivity index (χ2n) is 4.71. The Morgan fingerprint density at radius 1 is 1.47 bits per heavy atom. The monoisotopic (exact) mass is 250 g/mol. The first kappa shape index (κ1) is 11.8. The van der Waals surface area contributed by atoms with Crippen molar-refractivity contribution in [2.75, 3.05) is 5.32 Å². The lowest BCUT2D eigenvalue weighted by molar-refractivity contribution is 0.102. The first-order chi connectivity index (χ1) is 7.97. The van der Waals surface area contributed by atoms with Gasteiger partial charge >= 0.3 is 0 Å². The number of H-pyrrole nitrogens is 1. The zero-order chi connectivity index (χ0) is 12.5. The van der Waals surface area contributed by atoms with Gasteiger partial charge in [0, 0.05) is 17.0 Å². The third kappa shape index (κ3) is 2.71. The molecule has 0 radical (unpaired) electrons. The fourth-order valence-electron chi connectivity index (χ4n) is 1.22. The van der Waals surface area contributed by atoms with Gasteiger partial charge < -0.3 is 0 Å². The van der Waals surface area contributed by atoms with Gasteiger partial charge in [0.15, 0.2) is 5.13 Å². The molecule has 2 rings (SSSR count). The smallest absolute Gasteiger partial charge is 0.275 e. The molecule has 2 aromatic heterocycles. The Balaban J connectivity index is 2.10. The number of rotatable bonds is 2. The van der Waals surface area contributed by atoms with Gasteiger partial charge in [0.1, 0.15) is 5.69 Å². The van der Waals surface area contributed by atoms with E-state index in [1.54, 1.807) is 6.07 Å². The van der Waals surface area contributed by atoms with Crippen molar-refractivity contribution in [1.82, 2.24) is 15.2 Å². The Morgan fingerprint density at radius 3 is 2.76 bits per heavy atom. The van der Waals surface area contributed by atoms with E-state index in [1.807, 2.05) is 5.38 Å². The van der Waals surface area contributed by atoms with Crippen LogP contribution in [0.25, 0.3) is 0 Å². The van der Waals surface area contributed by atoms with E-state index in [0.29, 0.717) is 10.8 Å². The number of carbonyl (C=O) groups is 1. The molecule has 1 amide bonds. The molecule has 6 heteroatoms. The molecular weight excluding hydrogens is 236 g/mol. The van der Waals surface area contributed by atoms with Crippen LogP contribution in [-0.2, 0) is 5.41 Å². The minimum absolute atomic E-state index is 0.00648. The van der Waals surface area contributed by atoms with E-state index >= 15 is 0 Å². The molecule has 0 unspecified atom stereocenters. The van der Waals surface area contributed by atoms with Crippen molar-refractivity contribution in [3.8, 4) is 0 Å². The number of hydrogen-bond acceptors (Lipinski definition) is 4. The molecule has 0 bridgehead atoms. The highest BCUT2D eigenvalue weighted by molar-refractivity contribution is 7.14. The van der Waals surface area contributed by atoms with Crippen molar-refractivity contribution in [3.63, 3.8) is 0 Å². The van der Waals surface area contributed by atoms with E-state index in [1.165, 1.54) is 17.5 Å². The number of nitrogens with one attached hydrogen (secondary N) is 2. The van der Waals surface area contributed by atoms with Crippen LogP contribution in [0.15, 0.2) is 17.6 Å². The van der Waals surface area contributed by atoms with Crippen LogP contribution in [0.1, 0.15) is 37.0 Å². The molecule has 0 aliphatic rings. The molecule has 5 nitrogen and oxygen atoms in total. The molecule has 0 aliphatic carbocycles. The number of anilines is 1. The van der Waals surface area contributed by atoms with Gasteiger partial charge in [-0.25, -0.2) is 4.98 Å². The quantitative estimate of drug-likeness (QED) is 0.859. The van der Waals surface area contributed by atoms with Crippen LogP contribution in [0.4, 0.5) is 5.13 Å². The lowest BCUT2D eigenvalue weighted by atomic mass is 9.93. The summed E-state index contributed by atoms with van der Waals surface area (Å²) in [6.07, 6.45) is 1.54. The third-order valence-electron chi connectivity index (χ3n) is 2.24. The summed E-state index contributed by atoms with van der Waals surface area (Å²) in [7, 11) is 0. The highest BCUT2D eigenvalue weighted by Gasteiger charge is 2.18. The van der Waals surface area contributed by atoms with Crippen LogP contribution in [0.2, 0.25) is 0 Å². The lowest BCUT2D eigenvalue weighted by Crippen LogP contribution is -2.14.